The first-order valence-corrected chi connectivity index (χ1v) is 4.00. The zero-order valence-electron chi connectivity index (χ0n) is 7.12. The lowest BCUT2D eigenvalue weighted by molar-refractivity contribution is 0.650. The summed E-state index contributed by atoms with van der Waals surface area (Å²) >= 11 is 0. The number of hydrogen-bond acceptors (Lipinski definition) is 1. The van der Waals surface area contributed by atoms with E-state index < -0.39 is 0 Å². The number of allylic oxidation sites excluding steroid dienone is 2. The molecule has 11 heavy (non-hydrogen) atoms. The SMILES string of the molecule is C/C=C/Cc1ccn(CC)n1. The maximum atomic E-state index is 4.33. The topological polar surface area (TPSA) is 17.8 Å². The first-order chi connectivity index (χ1) is 5.36. The van der Waals surface area contributed by atoms with Crippen molar-refractivity contribution in [3.05, 3.63) is 30.1 Å². The molecule has 1 aromatic rings. The lowest BCUT2D eigenvalue weighted by Gasteiger charge is -1.91. The molecule has 0 atom stereocenters. The lowest BCUT2D eigenvalue weighted by Crippen LogP contribution is -1.94. The summed E-state index contributed by atoms with van der Waals surface area (Å²) in [4.78, 5) is 0. The minimum absolute atomic E-state index is 0.948. The van der Waals surface area contributed by atoms with Gasteiger partial charge in [0, 0.05) is 19.2 Å². The molecule has 0 saturated heterocycles. The first-order valence-electron chi connectivity index (χ1n) is 4.00. The number of hydrogen-bond donors (Lipinski definition) is 0. The summed E-state index contributed by atoms with van der Waals surface area (Å²) in [7, 11) is 0. The van der Waals surface area contributed by atoms with Crippen LogP contribution in [0.1, 0.15) is 19.5 Å². The number of aromatic nitrogens is 2. The van der Waals surface area contributed by atoms with Crippen molar-refractivity contribution >= 4 is 0 Å². The quantitative estimate of drug-likeness (QED) is 0.603. The normalized spacial score (nSPS) is 11.1. The third kappa shape index (κ3) is 2.22. The summed E-state index contributed by atoms with van der Waals surface area (Å²) in [5.41, 5.74) is 1.14. The Morgan fingerprint density at radius 3 is 3.00 bits per heavy atom. The molecule has 0 amide bonds. The highest BCUT2D eigenvalue weighted by Gasteiger charge is 1.92. The summed E-state index contributed by atoms with van der Waals surface area (Å²) < 4.78 is 1.94. The van der Waals surface area contributed by atoms with E-state index in [0.29, 0.717) is 0 Å². The number of rotatable bonds is 3. The van der Waals surface area contributed by atoms with Gasteiger partial charge >= 0.3 is 0 Å². The molecule has 0 aliphatic carbocycles. The summed E-state index contributed by atoms with van der Waals surface area (Å²) in [6.45, 7) is 5.07. The van der Waals surface area contributed by atoms with Gasteiger partial charge in [-0.1, -0.05) is 12.2 Å². The van der Waals surface area contributed by atoms with Crippen LogP contribution in [0.2, 0.25) is 0 Å². The van der Waals surface area contributed by atoms with Crippen molar-refractivity contribution < 1.29 is 0 Å². The highest BCUT2D eigenvalue weighted by molar-refractivity contribution is 5.04. The fourth-order valence-corrected chi connectivity index (χ4v) is 0.927. The molecular formula is C9H14N2. The van der Waals surface area contributed by atoms with Gasteiger partial charge in [-0.3, -0.25) is 4.68 Å². The predicted octanol–water partition coefficient (Wildman–Crippen LogP) is 2.02. The van der Waals surface area contributed by atoms with Crippen molar-refractivity contribution in [2.45, 2.75) is 26.8 Å². The van der Waals surface area contributed by atoms with Crippen LogP contribution in [0, 0.1) is 0 Å². The minimum atomic E-state index is 0.948. The molecule has 0 spiro atoms. The molecule has 0 saturated carbocycles. The number of aryl methyl sites for hydroxylation is 1. The van der Waals surface area contributed by atoms with Crippen molar-refractivity contribution in [2.24, 2.45) is 0 Å². The van der Waals surface area contributed by atoms with Crippen LogP contribution >= 0.6 is 0 Å². The lowest BCUT2D eigenvalue weighted by atomic mass is 10.3. The van der Waals surface area contributed by atoms with Gasteiger partial charge in [-0.25, -0.2) is 0 Å². The van der Waals surface area contributed by atoms with Crippen LogP contribution in [-0.4, -0.2) is 9.78 Å². The third-order valence-corrected chi connectivity index (χ3v) is 1.58. The molecule has 1 heterocycles. The second-order valence-corrected chi connectivity index (χ2v) is 2.44. The van der Waals surface area contributed by atoms with Crippen LogP contribution in [0.3, 0.4) is 0 Å². The monoisotopic (exact) mass is 150 g/mol. The van der Waals surface area contributed by atoms with E-state index in [2.05, 4.69) is 24.2 Å². The molecule has 2 nitrogen and oxygen atoms in total. The van der Waals surface area contributed by atoms with Gasteiger partial charge in [-0.15, -0.1) is 0 Å². The predicted molar refractivity (Wildman–Crippen MR) is 46.4 cm³/mol. The Kier molecular flexibility index (Phi) is 2.90. The zero-order valence-corrected chi connectivity index (χ0v) is 7.12. The standard InChI is InChI=1S/C9H14N2/c1-3-5-6-9-7-8-11(4-2)10-9/h3,5,7-8H,4,6H2,1-2H3/b5-3+. The highest BCUT2D eigenvalue weighted by Crippen LogP contribution is 1.97. The van der Waals surface area contributed by atoms with E-state index in [1.165, 1.54) is 0 Å². The van der Waals surface area contributed by atoms with Crippen molar-refractivity contribution in [1.29, 1.82) is 0 Å². The summed E-state index contributed by atoms with van der Waals surface area (Å²) in [6.07, 6.45) is 7.12. The van der Waals surface area contributed by atoms with Gasteiger partial charge in [-0.2, -0.15) is 5.10 Å². The average Bonchev–Trinajstić information content (AvgIpc) is 2.48. The maximum Gasteiger partial charge on any atom is 0.0662 e. The van der Waals surface area contributed by atoms with Gasteiger partial charge < -0.3 is 0 Å². The molecule has 0 aromatic carbocycles. The molecule has 0 unspecified atom stereocenters. The Morgan fingerprint density at radius 1 is 1.64 bits per heavy atom. The van der Waals surface area contributed by atoms with Crippen molar-refractivity contribution in [1.82, 2.24) is 9.78 Å². The van der Waals surface area contributed by atoms with Gasteiger partial charge in [0.1, 0.15) is 0 Å². The zero-order chi connectivity index (χ0) is 8.10. The molecule has 0 fully saturated rings. The average molecular weight is 150 g/mol. The second kappa shape index (κ2) is 3.96. The van der Waals surface area contributed by atoms with Crippen LogP contribution in [0.4, 0.5) is 0 Å². The van der Waals surface area contributed by atoms with Crippen molar-refractivity contribution in [3.8, 4) is 0 Å². The Bertz CT molecular complexity index is 235. The molecule has 1 aromatic heterocycles. The fraction of sp³-hybridized carbons (Fsp3) is 0.444. The van der Waals surface area contributed by atoms with E-state index in [1.807, 2.05) is 23.9 Å². The molecule has 1 rings (SSSR count). The van der Waals surface area contributed by atoms with E-state index in [0.717, 1.165) is 18.7 Å². The first kappa shape index (κ1) is 8.05. The van der Waals surface area contributed by atoms with Gasteiger partial charge in [-0.05, 0) is 19.9 Å². The Labute approximate surface area is 67.5 Å². The van der Waals surface area contributed by atoms with Crippen LogP contribution < -0.4 is 0 Å². The van der Waals surface area contributed by atoms with E-state index in [4.69, 9.17) is 0 Å². The molecule has 2 heteroatoms. The largest absolute Gasteiger partial charge is 0.273 e. The Hall–Kier alpha value is -1.05. The second-order valence-electron chi connectivity index (χ2n) is 2.44. The summed E-state index contributed by atoms with van der Waals surface area (Å²) in [6, 6.07) is 2.06. The van der Waals surface area contributed by atoms with Crippen molar-refractivity contribution in [2.75, 3.05) is 0 Å². The maximum absolute atomic E-state index is 4.33. The smallest absolute Gasteiger partial charge is 0.0662 e. The fourth-order valence-electron chi connectivity index (χ4n) is 0.927. The highest BCUT2D eigenvalue weighted by atomic mass is 15.3. The van der Waals surface area contributed by atoms with Gasteiger partial charge in [0.15, 0.2) is 0 Å². The van der Waals surface area contributed by atoms with Crippen LogP contribution in [0.25, 0.3) is 0 Å². The number of nitrogens with zero attached hydrogens (tertiary/aromatic N) is 2. The van der Waals surface area contributed by atoms with Crippen LogP contribution in [0.15, 0.2) is 24.4 Å². The van der Waals surface area contributed by atoms with Crippen molar-refractivity contribution in [3.63, 3.8) is 0 Å². The minimum Gasteiger partial charge on any atom is -0.273 e. The van der Waals surface area contributed by atoms with Crippen LogP contribution in [0.5, 0.6) is 0 Å². The van der Waals surface area contributed by atoms with Gasteiger partial charge in [0.2, 0.25) is 0 Å². The molecular weight excluding hydrogens is 136 g/mol. The molecule has 60 valence electrons. The van der Waals surface area contributed by atoms with E-state index in [1.54, 1.807) is 0 Å². The summed E-state index contributed by atoms with van der Waals surface area (Å²) in [5.74, 6) is 0. The third-order valence-electron chi connectivity index (χ3n) is 1.58. The van der Waals surface area contributed by atoms with E-state index >= 15 is 0 Å². The molecule has 0 bridgehead atoms. The van der Waals surface area contributed by atoms with Crippen LogP contribution in [-0.2, 0) is 13.0 Å². The van der Waals surface area contributed by atoms with Gasteiger partial charge in [0.05, 0.1) is 5.69 Å². The van der Waals surface area contributed by atoms with Gasteiger partial charge in [0.25, 0.3) is 0 Å². The van der Waals surface area contributed by atoms with E-state index in [-0.39, 0.29) is 0 Å². The Balaban J connectivity index is 2.58. The Morgan fingerprint density at radius 2 is 2.45 bits per heavy atom. The molecule has 0 aliphatic rings. The molecule has 0 N–H and O–H groups in total. The molecule has 0 aliphatic heterocycles. The van der Waals surface area contributed by atoms with E-state index in [9.17, 15) is 0 Å². The molecule has 0 radical (unpaired) electrons. The summed E-state index contributed by atoms with van der Waals surface area (Å²) in [5, 5.41) is 4.33.